The standard InChI is InChI=1S/C13H12N2O2S/c1-3-17-13(16)11-9-6-4-5-7-15(9)10(8-14)12(11)18-2/h4-7H,3H2,1-2H3. The van der Waals surface area contributed by atoms with E-state index in [1.165, 1.54) is 11.8 Å². The highest BCUT2D eigenvalue weighted by Crippen LogP contribution is 2.31. The molecule has 0 N–H and O–H groups in total. The van der Waals surface area contributed by atoms with Crippen molar-refractivity contribution < 1.29 is 9.53 Å². The fourth-order valence-electron chi connectivity index (χ4n) is 1.89. The van der Waals surface area contributed by atoms with Crippen LogP contribution in [0.25, 0.3) is 5.52 Å². The van der Waals surface area contributed by atoms with E-state index in [1.54, 1.807) is 17.5 Å². The third-order valence-corrected chi connectivity index (χ3v) is 3.39. The molecule has 0 saturated heterocycles. The van der Waals surface area contributed by atoms with Crippen molar-refractivity contribution in [1.82, 2.24) is 4.40 Å². The minimum atomic E-state index is -0.382. The Morgan fingerprint density at radius 1 is 1.56 bits per heavy atom. The maximum Gasteiger partial charge on any atom is 0.341 e. The minimum Gasteiger partial charge on any atom is -0.462 e. The van der Waals surface area contributed by atoms with Gasteiger partial charge >= 0.3 is 5.97 Å². The summed E-state index contributed by atoms with van der Waals surface area (Å²) in [6.45, 7) is 2.08. The molecule has 0 aliphatic rings. The summed E-state index contributed by atoms with van der Waals surface area (Å²) in [7, 11) is 0. The summed E-state index contributed by atoms with van der Waals surface area (Å²) < 4.78 is 6.78. The van der Waals surface area contributed by atoms with Crippen LogP contribution >= 0.6 is 11.8 Å². The number of hydrogen-bond acceptors (Lipinski definition) is 4. The van der Waals surface area contributed by atoms with Gasteiger partial charge in [0.15, 0.2) is 0 Å². The molecule has 18 heavy (non-hydrogen) atoms. The number of ether oxygens (including phenoxy) is 1. The van der Waals surface area contributed by atoms with E-state index in [2.05, 4.69) is 6.07 Å². The average Bonchev–Trinajstić information content (AvgIpc) is 2.72. The second-order valence-electron chi connectivity index (χ2n) is 3.55. The summed E-state index contributed by atoms with van der Waals surface area (Å²) in [5.74, 6) is -0.382. The number of carbonyl (C=O) groups is 1. The van der Waals surface area contributed by atoms with Crippen LogP contribution in [0.2, 0.25) is 0 Å². The molecule has 2 aromatic heterocycles. The first-order valence-corrected chi connectivity index (χ1v) is 6.71. The van der Waals surface area contributed by atoms with Crippen molar-refractivity contribution in [2.75, 3.05) is 12.9 Å². The Bertz CT molecular complexity index is 640. The molecule has 0 amide bonds. The maximum absolute atomic E-state index is 12.0. The van der Waals surface area contributed by atoms with Crippen molar-refractivity contribution >= 4 is 23.2 Å². The molecule has 0 fully saturated rings. The number of esters is 1. The molecule has 2 rings (SSSR count). The lowest BCUT2D eigenvalue weighted by molar-refractivity contribution is 0.0525. The number of fused-ring (bicyclic) bond motifs is 1. The molecule has 0 unspecified atom stereocenters. The molecule has 0 radical (unpaired) electrons. The lowest BCUT2D eigenvalue weighted by Crippen LogP contribution is -2.05. The van der Waals surface area contributed by atoms with Gasteiger partial charge in [0.2, 0.25) is 0 Å². The van der Waals surface area contributed by atoms with Crippen molar-refractivity contribution in [3.63, 3.8) is 0 Å². The second kappa shape index (κ2) is 5.15. The van der Waals surface area contributed by atoms with E-state index in [0.717, 1.165) is 0 Å². The molecule has 2 aromatic rings. The Morgan fingerprint density at radius 2 is 2.33 bits per heavy atom. The summed E-state index contributed by atoms with van der Waals surface area (Å²) in [6.07, 6.45) is 3.62. The van der Waals surface area contributed by atoms with Gasteiger partial charge in [0.25, 0.3) is 0 Å². The first-order valence-electron chi connectivity index (χ1n) is 5.48. The molecule has 5 heteroatoms. The first-order chi connectivity index (χ1) is 8.74. The third kappa shape index (κ3) is 1.85. The van der Waals surface area contributed by atoms with Crippen LogP contribution in [0.3, 0.4) is 0 Å². The van der Waals surface area contributed by atoms with Crippen LogP contribution < -0.4 is 0 Å². The molecule has 0 bridgehead atoms. The molecule has 0 saturated carbocycles. The molecular formula is C13H12N2O2S. The summed E-state index contributed by atoms with van der Waals surface area (Å²) in [4.78, 5) is 12.7. The van der Waals surface area contributed by atoms with Crippen LogP contribution in [0.1, 0.15) is 23.0 Å². The number of hydrogen-bond donors (Lipinski definition) is 0. The summed E-state index contributed by atoms with van der Waals surface area (Å²) in [6, 6.07) is 7.62. The van der Waals surface area contributed by atoms with Crippen molar-refractivity contribution in [2.24, 2.45) is 0 Å². The predicted molar refractivity (Wildman–Crippen MR) is 69.8 cm³/mol. The second-order valence-corrected chi connectivity index (χ2v) is 4.36. The third-order valence-electron chi connectivity index (χ3n) is 2.59. The summed E-state index contributed by atoms with van der Waals surface area (Å²) >= 11 is 1.38. The van der Waals surface area contributed by atoms with Gasteiger partial charge in [-0.3, -0.25) is 0 Å². The van der Waals surface area contributed by atoms with Crippen molar-refractivity contribution in [1.29, 1.82) is 5.26 Å². The highest BCUT2D eigenvalue weighted by Gasteiger charge is 2.23. The summed E-state index contributed by atoms with van der Waals surface area (Å²) in [5, 5.41) is 9.24. The zero-order chi connectivity index (χ0) is 13.1. The van der Waals surface area contributed by atoms with Crippen LogP contribution in [-0.4, -0.2) is 23.2 Å². The Hall–Kier alpha value is -1.93. The van der Waals surface area contributed by atoms with Gasteiger partial charge in [-0.1, -0.05) is 6.07 Å². The monoisotopic (exact) mass is 260 g/mol. The van der Waals surface area contributed by atoms with Crippen molar-refractivity contribution in [3.8, 4) is 6.07 Å². The van der Waals surface area contributed by atoms with Crippen LogP contribution in [0, 0.1) is 11.3 Å². The Balaban J connectivity index is 2.78. The van der Waals surface area contributed by atoms with Gasteiger partial charge in [-0.25, -0.2) is 4.79 Å². The Kier molecular flexibility index (Phi) is 3.58. The van der Waals surface area contributed by atoms with E-state index in [0.29, 0.717) is 28.3 Å². The Morgan fingerprint density at radius 3 is 2.94 bits per heavy atom. The lowest BCUT2D eigenvalue weighted by atomic mass is 10.2. The number of thioether (sulfide) groups is 1. The fraction of sp³-hybridized carbons (Fsp3) is 0.231. The molecule has 0 spiro atoms. The van der Waals surface area contributed by atoms with Gasteiger partial charge < -0.3 is 9.14 Å². The van der Waals surface area contributed by atoms with Crippen LogP contribution in [0.4, 0.5) is 0 Å². The van der Waals surface area contributed by atoms with Crippen LogP contribution in [-0.2, 0) is 4.74 Å². The van der Waals surface area contributed by atoms with E-state index < -0.39 is 0 Å². The number of pyridine rings is 1. The average molecular weight is 260 g/mol. The van der Waals surface area contributed by atoms with E-state index in [4.69, 9.17) is 4.74 Å². The van der Waals surface area contributed by atoms with E-state index in [-0.39, 0.29) is 5.97 Å². The van der Waals surface area contributed by atoms with Crippen molar-refractivity contribution in [2.45, 2.75) is 11.8 Å². The van der Waals surface area contributed by atoms with Gasteiger partial charge in [0, 0.05) is 6.20 Å². The smallest absolute Gasteiger partial charge is 0.341 e. The van der Waals surface area contributed by atoms with Gasteiger partial charge in [0.1, 0.15) is 17.3 Å². The number of nitriles is 1. The number of aromatic nitrogens is 1. The Labute approximate surface area is 109 Å². The van der Waals surface area contributed by atoms with Gasteiger partial charge in [0.05, 0.1) is 17.0 Å². The van der Waals surface area contributed by atoms with Gasteiger partial charge in [-0.15, -0.1) is 11.8 Å². The van der Waals surface area contributed by atoms with E-state index in [1.807, 2.05) is 24.5 Å². The van der Waals surface area contributed by atoms with E-state index >= 15 is 0 Å². The molecule has 2 heterocycles. The number of nitrogens with zero attached hydrogens (tertiary/aromatic N) is 2. The van der Waals surface area contributed by atoms with Gasteiger partial charge in [-0.05, 0) is 25.3 Å². The van der Waals surface area contributed by atoms with Gasteiger partial charge in [-0.2, -0.15) is 5.26 Å². The largest absolute Gasteiger partial charge is 0.462 e. The highest BCUT2D eigenvalue weighted by molar-refractivity contribution is 7.98. The maximum atomic E-state index is 12.0. The molecule has 0 atom stereocenters. The zero-order valence-electron chi connectivity index (χ0n) is 10.1. The fourth-order valence-corrected chi connectivity index (χ4v) is 2.62. The minimum absolute atomic E-state index is 0.318. The molecule has 4 nitrogen and oxygen atoms in total. The summed E-state index contributed by atoms with van der Waals surface area (Å²) in [5.41, 5.74) is 1.65. The SMILES string of the molecule is CCOC(=O)c1c(SC)c(C#N)n2ccccc12. The molecule has 0 aromatic carbocycles. The topological polar surface area (TPSA) is 54.5 Å². The van der Waals surface area contributed by atoms with E-state index in [9.17, 15) is 10.1 Å². The molecular weight excluding hydrogens is 248 g/mol. The molecule has 0 aliphatic carbocycles. The lowest BCUT2D eigenvalue weighted by Gasteiger charge is -2.02. The number of rotatable bonds is 3. The quantitative estimate of drug-likeness (QED) is 0.629. The highest BCUT2D eigenvalue weighted by atomic mass is 32.2. The van der Waals surface area contributed by atoms with Crippen molar-refractivity contribution in [3.05, 3.63) is 35.7 Å². The zero-order valence-corrected chi connectivity index (χ0v) is 11.0. The normalized spacial score (nSPS) is 10.3. The molecule has 92 valence electrons. The first kappa shape index (κ1) is 12.5. The van der Waals surface area contributed by atoms with Crippen LogP contribution in [0.5, 0.6) is 0 Å². The molecule has 0 aliphatic heterocycles. The number of carbonyl (C=O) groups excluding carboxylic acids is 1. The predicted octanol–water partition coefficient (Wildman–Crippen LogP) is 2.71. The van der Waals surface area contributed by atoms with Crippen LogP contribution in [0.15, 0.2) is 29.3 Å².